The molecule has 1 aromatic rings. The van der Waals surface area contributed by atoms with Gasteiger partial charge in [0.25, 0.3) is 0 Å². The fourth-order valence-corrected chi connectivity index (χ4v) is 1.22. The van der Waals surface area contributed by atoms with Gasteiger partial charge < -0.3 is 20.4 Å². The second-order valence-electron chi connectivity index (χ2n) is 3.29. The summed E-state index contributed by atoms with van der Waals surface area (Å²) in [5, 5.41) is 36.4. The van der Waals surface area contributed by atoms with Crippen LogP contribution in [0.5, 0.6) is 5.75 Å². The van der Waals surface area contributed by atoms with Gasteiger partial charge in [0.2, 0.25) is 0 Å². The molecule has 0 aliphatic carbocycles. The number of rotatable bonds is 3. The van der Waals surface area contributed by atoms with Crippen molar-refractivity contribution in [2.75, 3.05) is 0 Å². The Hall–Kier alpha value is -1.59. The van der Waals surface area contributed by atoms with Crippen LogP contribution in [0.4, 0.5) is 0 Å². The van der Waals surface area contributed by atoms with Crippen molar-refractivity contribution in [2.45, 2.75) is 19.1 Å². The van der Waals surface area contributed by atoms with Gasteiger partial charge in [0.1, 0.15) is 11.9 Å². The molecule has 0 spiro atoms. The summed E-state index contributed by atoms with van der Waals surface area (Å²) in [6.07, 6.45) is -3.58. The molecule has 15 heavy (non-hydrogen) atoms. The minimum Gasteiger partial charge on any atom is -0.508 e. The van der Waals surface area contributed by atoms with Gasteiger partial charge in [0, 0.05) is 5.56 Å². The van der Waals surface area contributed by atoms with Crippen molar-refractivity contribution in [1.82, 2.24) is 0 Å². The second-order valence-corrected chi connectivity index (χ2v) is 3.29. The molecule has 0 aliphatic rings. The zero-order chi connectivity index (χ0) is 11.6. The molecule has 1 rings (SSSR count). The highest BCUT2D eigenvalue weighted by atomic mass is 16.4. The van der Waals surface area contributed by atoms with E-state index in [9.17, 15) is 15.0 Å². The summed E-state index contributed by atoms with van der Waals surface area (Å²) in [7, 11) is 0. The fraction of sp³-hybridized carbons (Fsp3) is 0.300. The quantitative estimate of drug-likeness (QED) is 0.573. The summed E-state index contributed by atoms with van der Waals surface area (Å²) in [5.41, 5.74) is 0.754. The third-order valence-corrected chi connectivity index (χ3v) is 2.05. The lowest BCUT2D eigenvalue weighted by Crippen LogP contribution is -2.27. The Morgan fingerprint density at radius 3 is 2.47 bits per heavy atom. The monoisotopic (exact) mass is 212 g/mol. The van der Waals surface area contributed by atoms with Crippen molar-refractivity contribution in [3.63, 3.8) is 0 Å². The van der Waals surface area contributed by atoms with Crippen LogP contribution in [0.3, 0.4) is 0 Å². The maximum atomic E-state index is 10.4. The molecule has 0 bridgehead atoms. The number of phenols is 1. The number of carbonyl (C=O) groups is 1. The Morgan fingerprint density at radius 2 is 1.93 bits per heavy atom. The maximum Gasteiger partial charge on any atom is 0.335 e. The van der Waals surface area contributed by atoms with Crippen molar-refractivity contribution in [2.24, 2.45) is 0 Å². The van der Waals surface area contributed by atoms with E-state index in [0.717, 1.165) is 5.56 Å². The van der Waals surface area contributed by atoms with E-state index in [2.05, 4.69) is 0 Å². The molecule has 0 saturated carbocycles. The van der Waals surface area contributed by atoms with Crippen LogP contribution < -0.4 is 0 Å². The lowest BCUT2D eigenvalue weighted by Gasteiger charge is -2.15. The molecule has 2 unspecified atom stereocenters. The van der Waals surface area contributed by atoms with Crippen molar-refractivity contribution >= 4 is 5.97 Å². The van der Waals surface area contributed by atoms with Gasteiger partial charge in [-0.25, -0.2) is 4.79 Å². The average Bonchev–Trinajstić information content (AvgIpc) is 2.19. The molecule has 0 amide bonds. The van der Waals surface area contributed by atoms with E-state index in [4.69, 9.17) is 10.2 Å². The number of hydrogen-bond donors (Lipinski definition) is 4. The van der Waals surface area contributed by atoms with Gasteiger partial charge >= 0.3 is 5.97 Å². The first kappa shape index (κ1) is 11.5. The molecule has 5 heteroatoms. The second kappa shape index (κ2) is 4.29. The Balaban J connectivity index is 3.04. The third kappa shape index (κ3) is 2.45. The van der Waals surface area contributed by atoms with Crippen molar-refractivity contribution < 1.29 is 25.2 Å². The molecule has 0 aliphatic heterocycles. The summed E-state index contributed by atoms with van der Waals surface area (Å²) >= 11 is 0. The molecule has 1 aromatic carbocycles. The number of aliphatic hydroxyl groups excluding tert-OH is 2. The number of benzene rings is 1. The average molecular weight is 212 g/mol. The standard InChI is InChI=1S/C10H12O5/c1-5-2-3-7(11)6(4-5)8(12)9(13)10(14)15/h2-4,8-9,11-13H,1H3,(H,14,15). The molecule has 82 valence electrons. The summed E-state index contributed by atoms with van der Waals surface area (Å²) < 4.78 is 0. The summed E-state index contributed by atoms with van der Waals surface area (Å²) in [6.45, 7) is 1.73. The lowest BCUT2D eigenvalue weighted by molar-refractivity contribution is -0.153. The first-order valence-corrected chi connectivity index (χ1v) is 4.32. The molecule has 0 fully saturated rings. The maximum absolute atomic E-state index is 10.4. The number of phenolic OH excluding ortho intramolecular Hbond substituents is 1. The number of aliphatic hydroxyl groups is 2. The van der Waals surface area contributed by atoms with E-state index >= 15 is 0 Å². The third-order valence-electron chi connectivity index (χ3n) is 2.05. The van der Waals surface area contributed by atoms with Gasteiger partial charge in [-0.05, 0) is 19.1 Å². The molecule has 5 nitrogen and oxygen atoms in total. The van der Waals surface area contributed by atoms with Gasteiger partial charge in [0.05, 0.1) is 0 Å². The highest BCUT2D eigenvalue weighted by molar-refractivity contribution is 5.73. The van der Waals surface area contributed by atoms with E-state index in [1.165, 1.54) is 12.1 Å². The van der Waals surface area contributed by atoms with Gasteiger partial charge in [0.15, 0.2) is 6.10 Å². The molecule has 0 saturated heterocycles. The van der Waals surface area contributed by atoms with E-state index in [1.807, 2.05) is 0 Å². The number of aliphatic carboxylic acids is 1. The van der Waals surface area contributed by atoms with E-state index < -0.39 is 18.2 Å². The lowest BCUT2D eigenvalue weighted by atomic mass is 10.0. The molecule has 0 aromatic heterocycles. The predicted octanol–water partition coefficient (Wildman–Crippen LogP) is 0.180. The van der Waals surface area contributed by atoms with Gasteiger partial charge in [-0.3, -0.25) is 0 Å². The topological polar surface area (TPSA) is 98.0 Å². The van der Waals surface area contributed by atoms with Gasteiger partial charge in [-0.15, -0.1) is 0 Å². The zero-order valence-corrected chi connectivity index (χ0v) is 8.08. The highest BCUT2D eigenvalue weighted by Crippen LogP contribution is 2.27. The summed E-state index contributed by atoms with van der Waals surface area (Å²) in [6, 6.07) is 4.37. The Labute approximate surface area is 86.2 Å². The zero-order valence-electron chi connectivity index (χ0n) is 8.08. The largest absolute Gasteiger partial charge is 0.508 e. The molecule has 0 heterocycles. The normalized spacial score (nSPS) is 14.6. The number of aromatic hydroxyl groups is 1. The molecule has 4 N–H and O–H groups in total. The molecule has 2 atom stereocenters. The highest BCUT2D eigenvalue weighted by Gasteiger charge is 2.27. The number of aryl methyl sites for hydroxylation is 1. The Kier molecular flexibility index (Phi) is 3.28. The van der Waals surface area contributed by atoms with Crippen LogP contribution in [0, 0.1) is 6.92 Å². The van der Waals surface area contributed by atoms with Crippen LogP contribution in [0.25, 0.3) is 0 Å². The molecular weight excluding hydrogens is 200 g/mol. The predicted molar refractivity (Wildman–Crippen MR) is 51.4 cm³/mol. The van der Waals surface area contributed by atoms with Crippen molar-refractivity contribution in [1.29, 1.82) is 0 Å². The first-order valence-electron chi connectivity index (χ1n) is 4.32. The Bertz CT molecular complexity index is 374. The first-order chi connectivity index (χ1) is 6.93. The van der Waals surface area contributed by atoms with E-state index in [1.54, 1.807) is 13.0 Å². The van der Waals surface area contributed by atoms with Crippen LogP contribution in [0.2, 0.25) is 0 Å². The van der Waals surface area contributed by atoms with Crippen molar-refractivity contribution in [3.8, 4) is 5.75 Å². The van der Waals surface area contributed by atoms with Crippen molar-refractivity contribution in [3.05, 3.63) is 29.3 Å². The van der Waals surface area contributed by atoms with Crippen LogP contribution in [0.15, 0.2) is 18.2 Å². The fourth-order valence-electron chi connectivity index (χ4n) is 1.22. The van der Waals surface area contributed by atoms with E-state index in [0.29, 0.717) is 0 Å². The van der Waals surface area contributed by atoms with Crippen LogP contribution >= 0.6 is 0 Å². The van der Waals surface area contributed by atoms with Gasteiger partial charge in [-0.2, -0.15) is 0 Å². The molecular formula is C10H12O5. The van der Waals surface area contributed by atoms with Crippen LogP contribution in [0.1, 0.15) is 17.2 Å². The number of hydrogen-bond acceptors (Lipinski definition) is 4. The van der Waals surface area contributed by atoms with Gasteiger partial charge in [-0.1, -0.05) is 11.6 Å². The van der Waals surface area contributed by atoms with E-state index in [-0.39, 0.29) is 11.3 Å². The summed E-state index contributed by atoms with van der Waals surface area (Å²) in [4.78, 5) is 10.4. The minimum absolute atomic E-state index is 0.00454. The van der Waals surface area contributed by atoms with Crippen LogP contribution in [-0.2, 0) is 4.79 Å². The molecule has 0 radical (unpaired) electrons. The minimum atomic E-state index is -1.95. The summed E-state index contributed by atoms with van der Waals surface area (Å²) in [5.74, 6) is -1.78. The Morgan fingerprint density at radius 1 is 1.33 bits per heavy atom. The number of carboxylic acids is 1. The van der Waals surface area contributed by atoms with Crippen LogP contribution in [-0.4, -0.2) is 32.5 Å². The SMILES string of the molecule is Cc1ccc(O)c(C(O)C(O)C(=O)O)c1. The smallest absolute Gasteiger partial charge is 0.335 e. The number of carboxylic acid groups (broad SMARTS) is 1.